The molecule has 0 heterocycles. The normalized spacial score (nSPS) is 11.4. The fourth-order valence-electron chi connectivity index (χ4n) is 0.918. The summed E-state index contributed by atoms with van der Waals surface area (Å²) in [5.41, 5.74) is 0.431. The van der Waals surface area contributed by atoms with Gasteiger partial charge in [0.25, 0.3) is 9.05 Å². The summed E-state index contributed by atoms with van der Waals surface area (Å²) in [4.78, 5) is 10.9. The van der Waals surface area contributed by atoms with Crippen molar-refractivity contribution in [1.29, 1.82) is 0 Å². The Hall–Kier alpha value is -0.390. The standard InChI is InChI=1S/C8H6BrClO3S/c1-5(11)6-2-3-8(7(9)4-6)14(10,12)13/h2-4H,1H3. The molecule has 1 aromatic carbocycles. The molecular weight excluding hydrogens is 292 g/mol. The number of halogens is 2. The third-order valence-electron chi connectivity index (χ3n) is 1.60. The molecule has 0 saturated heterocycles. The molecule has 0 unspecified atom stereocenters. The highest BCUT2D eigenvalue weighted by atomic mass is 79.9. The third-order valence-corrected chi connectivity index (χ3v) is 3.90. The van der Waals surface area contributed by atoms with E-state index in [0.717, 1.165) is 0 Å². The predicted octanol–water partition coefficient (Wildman–Crippen LogP) is 2.58. The molecule has 0 bridgehead atoms. The van der Waals surface area contributed by atoms with Crippen molar-refractivity contribution in [3.05, 3.63) is 28.2 Å². The molecule has 0 aliphatic heterocycles. The van der Waals surface area contributed by atoms with Gasteiger partial charge in [-0.1, -0.05) is 6.07 Å². The molecule has 0 saturated carbocycles. The Morgan fingerprint density at radius 2 is 2.00 bits per heavy atom. The van der Waals surface area contributed by atoms with Crippen LogP contribution in [0.2, 0.25) is 0 Å². The minimum Gasteiger partial charge on any atom is -0.295 e. The molecule has 1 rings (SSSR count). The lowest BCUT2D eigenvalue weighted by atomic mass is 10.2. The van der Waals surface area contributed by atoms with Crippen molar-refractivity contribution in [2.75, 3.05) is 0 Å². The zero-order valence-corrected chi connectivity index (χ0v) is 10.3. The number of hydrogen-bond acceptors (Lipinski definition) is 3. The van der Waals surface area contributed by atoms with E-state index in [4.69, 9.17) is 10.7 Å². The lowest BCUT2D eigenvalue weighted by Crippen LogP contribution is -1.96. The van der Waals surface area contributed by atoms with Crippen LogP contribution in [-0.4, -0.2) is 14.2 Å². The second-order valence-electron chi connectivity index (χ2n) is 2.64. The van der Waals surface area contributed by atoms with Gasteiger partial charge in [0.15, 0.2) is 5.78 Å². The Bertz CT molecular complexity index is 481. The monoisotopic (exact) mass is 296 g/mol. The van der Waals surface area contributed by atoms with E-state index in [0.29, 0.717) is 10.0 Å². The fourth-order valence-corrected chi connectivity index (χ4v) is 3.14. The summed E-state index contributed by atoms with van der Waals surface area (Å²) in [5.74, 6) is -0.135. The minimum atomic E-state index is -3.76. The van der Waals surface area contributed by atoms with Gasteiger partial charge in [-0.25, -0.2) is 8.42 Å². The Balaban J connectivity index is 3.35. The van der Waals surface area contributed by atoms with Crippen LogP contribution in [0.4, 0.5) is 0 Å². The Morgan fingerprint density at radius 3 is 2.36 bits per heavy atom. The molecule has 0 aliphatic carbocycles. The molecule has 0 N–H and O–H groups in total. The smallest absolute Gasteiger partial charge is 0.262 e. The highest BCUT2D eigenvalue weighted by Gasteiger charge is 2.15. The van der Waals surface area contributed by atoms with Crippen LogP contribution in [-0.2, 0) is 9.05 Å². The van der Waals surface area contributed by atoms with E-state index in [1.165, 1.54) is 25.1 Å². The summed E-state index contributed by atoms with van der Waals surface area (Å²) in [7, 11) is 1.39. The maximum absolute atomic E-state index is 11.0. The summed E-state index contributed by atoms with van der Waals surface area (Å²) in [6.45, 7) is 1.40. The first kappa shape index (κ1) is 11.7. The molecule has 0 fully saturated rings. The second-order valence-corrected chi connectivity index (χ2v) is 6.03. The summed E-state index contributed by atoms with van der Waals surface area (Å²) in [6.07, 6.45) is 0. The molecular formula is C8H6BrClO3S. The van der Waals surface area contributed by atoms with Crippen molar-refractivity contribution >= 4 is 41.4 Å². The average Bonchev–Trinajstić information content (AvgIpc) is 2.01. The van der Waals surface area contributed by atoms with Gasteiger partial charge in [-0.3, -0.25) is 4.79 Å². The molecule has 0 aliphatic rings. The lowest BCUT2D eigenvalue weighted by molar-refractivity contribution is 0.101. The van der Waals surface area contributed by atoms with Crippen LogP contribution in [0.5, 0.6) is 0 Å². The van der Waals surface area contributed by atoms with Crippen LogP contribution < -0.4 is 0 Å². The first-order chi connectivity index (χ1) is 6.32. The first-order valence-corrected chi connectivity index (χ1v) is 6.68. The Kier molecular flexibility index (Phi) is 3.34. The molecule has 0 spiro atoms. The second kappa shape index (κ2) is 4.00. The van der Waals surface area contributed by atoms with E-state index < -0.39 is 9.05 Å². The van der Waals surface area contributed by atoms with Crippen molar-refractivity contribution in [2.45, 2.75) is 11.8 Å². The zero-order valence-electron chi connectivity index (χ0n) is 7.12. The largest absolute Gasteiger partial charge is 0.295 e. The molecule has 1 aromatic rings. The maximum Gasteiger partial charge on any atom is 0.262 e. The third kappa shape index (κ3) is 2.56. The number of carbonyl (C=O) groups excluding carboxylic acids is 1. The number of benzene rings is 1. The molecule has 0 amide bonds. The van der Waals surface area contributed by atoms with Crippen LogP contribution in [0.1, 0.15) is 17.3 Å². The fraction of sp³-hybridized carbons (Fsp3) is 0.125. The highest BCUT2D eigenvalue weighted by Crippen LogP contribution is 2.26. The van der Waals surface area contributed by atoms with Gasteiger partial charge in [0.2, 0.25) is 0 Å². The van der Waals surface area contributed by atoms with Crippen molar-refractivity contribution in [2.24, 2.45) is 0 Å². The van der Waals surface area contributed by atoms with Gasteiger partial charge in [-0.15, -0.1) is 0 Å². The van der Waals surface area contributed by atoms with Crippen molar-refractivity contribution in [3.8, 4) is 0 Å². The number of hydrogen-bond donors (Lipinski definition) is 0. The number of ketones is 1. The maximum atomic E-state index is 11.0. The summed E-state index contributed by atoms with van der Waals surface area (Å²) in [5, 5.41) is 0. The number of Topliss-reactive ketones (excluding diaryl/α,β-unsaturated/α-hetero) is 1. The number of rotatable bonds is 2. The summed E-state index contributed by atoms with van der Waals surface area (Å²) < 4.78 is 22.3. The van der Waals surface area contributed by atoms with Crippen molar-refractivity contribution in [1.82, 2.24) is 0 Å². The molecule has 0 radical (unpaired) electrons. The van der Waals surface area contributed by atoms with Crippen LogP contribution in [0.25, 0.3) is 0 Å². The van der Waals surface area contributed by atoms with Gasteiger partial charge >= 0.3 is 0 Å². The predicted molar refractivity (Wildman–Crippen MR) is 57.2 cm³/mol. The van der Waals surface area contributed by atoms with E-state index in [1.807, 2.05) is 0 Å². The molecule has 14 heavy (non-hydrogen) atoms. The molecule has 76 valence electrons. The van der Waals surface area contributed by atoms with Gasteiger partial charge in [-0.2, -0.15) is 0 Å². The lowest BCUT2D eigenvalue weighted by Gasteiger charge is -2.01. The van der Waals surface area contributed by atoms with Crippen LogP contribution in [0.15, 0.2) is 27.6 Å². The van der Waals surface area contributed by atoms with E-state index in [1.54, 1.807) is 0 Å². The van der Waals surface area contributed by atoms with Crippen LogP contribution in [0, 0.1) is 0 Å². The highest BCUT2D eigenvalue weighted by molar-refractivity contribution is 9.10. The van der Waals surface area contributed by atoms with E-state index in [-0.39, 0.29) is 10.7 Å². The Labute approximate surface area is 94.6 Å². The number of carbonyl (C=O) groups is 1. The van der Waals surface area contributed by atoms with Crippen LogP contribution >= 0.6 is 26.6 Å². The van der Waals surface area contributed by atoms with Gasteiger partial charge in [-0.05, 0) is 35.0 Å². The quantitative estimate of drug-likeness (QED) is 0.623. The Morgan fingerprint density at radius 1 is 1.43 bits per heavy atom. The van der Waals surface area contributed by atoms with Crippen molar-refractivity contribution in [3.63, 3.8) is 0 Å². The molecule has 0 atom stereocenters. The average molecular weight is 298 g/mol. The first-order valence-electron chi connectivity index (χ1n) is 3.57. The molecule has 3 nitrogen and oxygen atoms in total. The summed E-state index contributed by atoms with van der Waals surface area (Å²) >= 11 is 3.04. The molecule has 6 heteroatoms. The van der Waals surface area contributed by atoms with Crippen LogP contribution in [0.3, 0.4) is 0 Å². The van der Waals surface area contributed by atoms with E-state index in [9.17, 15) is 13.2 Å². The van der Waals surface area contributed by atoms with Gasteiger partial charge < -0.3 is 0 Å². The minimum absolute atomic E-state index is 0.0378. The van der Waals surface area contributed by atoms with Crippen molar-refractivity contribution < 1.29 is 13.2 Å². The van der Waals surface area contributed by atoms with Gasteiger partial charge in [0.05, 0.1) is 4.90 Å². The zero-order chi connectivity index (χ0) is 10.9. The SMILES string of the molecule is CC(=O)c1ccc(S(=O)(=O)Cl)c(Br)c1. The van der Waals surface area contributed by atoms with E-state index >= 15 is 0 Å². The van der Waals surface area contributed by atoms with E-state index in [2.05, 4.69) is 15.9 Å². The molecule has 0 aromatic heterocycles. The van der Waals surface area contributed by atoms with Gasteiger partial charge in [0.1, 0.15) is 0 Å². The topological polar surface area (TPSA) is 51.2 Å². The van der Waals surface area contributed by atoms with Gasteiger partial charge in [0, 0.05) is 20.7 Å². The summed E-state index contributed by atoms with van der Waals surface area (Å²) in [6, 6.07) is 4.14.